The first-order valence-electron chi connectivity index (χ1n) is 8.39. The molecule has 0 saturated heterocycles. The Balaban J connectivity index is 1.80. The average Bonchev–Trinajstić information content (AvgIpc) is 2.76. The number of rotatable bonds is 3. The van der Waals surface area contributed by atoms with Gasteiger partial charge in [0.2, 0.25) is 5.91 Å². The Bertz CT molecular complexity index is 873. The van der Waals surface area contributed by atoms with Crippen LogP contribution in [0.3, 0.4) is 0 Å². The van der Waals surface area contributed by atoms with Crippen molar-refractivity contribution in [2.24, 2.45) is 0 Å². The summed E-state index contributed by atoms with van der Waals surface area (Å²) in [6.07, 6.45) is 0. The van der Waals surface area contributed by atoms with Crippen molar-refractivity contribution in [2.45, 2.75) is 26.2 Å². The van der Waals surface area contributed by atoms with Gasteiger partial charge in [0.1, 0.15) is 5.75 Å². The molecule has 0 fully saturated rings. The molecular weight excluding hydrogens is 330 g/mol. The first kappa shape index (κ1) is 17.8. The van der Waals surface area contributed by atoms with E-state index in [2.05, 4.69) is 10.6 Å². The highest BCUT2D eigenvalue weighted by molar-refractivity contribution is 6.09. The predicted molar refractivity (Wildman–Crippen MR) is 103 cm³/mol. The minimum absolute atomic E-state index is 0.0513. The highest BCUT2D eigenvalue weighted by Gasteiger charge is 2.43. The zero-order valence-electron chi connectivity index (χ0n) is 15.6. The second kappa shape index (κ2) is 6.37. The molecule has 0 aromatic heterocycles. The number of hydrogen-bond donors (Lipinski definition) is 2. The number of ether oxygens (including phenoxy) is 1. The van der Waals surface area contributed by atoms with Crippen molar-refractivity contribution < 1.29 is 14.3 Å². The lowest BCUT2D eigenvalue weighted by Gasteiger charge is -2.17. The predicted octanol–water partition coefficient (Wildman–Crippen LogP) is 3.90. The summed E-state index contributed by atoms with van der Waals surface area (Å²) in [6.45, 7) is 5.74. The van der Waals surface area contributed by atoms with Crippen LogP contribution in [0, 0.1) is 6.92 Å². The fourth-order valence-electron chi connectivity index (χ4n) is 3.38. The lowest BCUT2D eigenvalue weighted by atomic mass is 9.85. The Morgan fingerprint density at radius 3 is 2.31 bits per heavy atom. The number of anilines is 3. The molecule has 2 aromatic rings. The molecular formula is C20H23N3O3. The van der Waals surface area contributed by atoms with Crippen LogP contribution in [0.4, 0.5) is 21.9 Å². The number of fused-ring (bicyclic) bond motifs is 1. The number of carbonyl (C=O) groups is 2. The van der Waals surface area contributed by atoms with Crippen molar-refractivity contribution in [1.82, 2.24) is 0 Å². The highest BCUT2D eigenvalue weighted by atomic mass is 16.5. The van der Waals surface area contributed by atoms with Crippen LogP contribution in [-0.4, -0.2) is 26.1 Å². The van der Waals surface area contributed by atoms with E-state index in [1.165, 1.54) is 0 Å². The SMILES string of the molecule is COc1ccc(NC(=O)Nc2cc(C)c3c(c2)C(C)(C)C(=O)N3C)cc1. The second-order valence-corrected chi connectivity index (χ2v) is 6.99. The molecule has 3 amide bonds. The van der Waals surface area contributed by atoms with E-state index in [0.717, 1.165) is 22.6 Å². The fraction of sp³-hybridized carbons (Fsp3) is 0.300. The smallest absolute Gasteiger partial charge is 0.323 e. The van der Waals surface area contributed by atoms with Gasteiger partial charge in [-0.05, 0) is 68.3 Å². The molecule has 2 N–H and O–H groups in total. The van der Waals surface area contributed by atoms with E-state index in [1.807, 2.05) is 32.9 Å². The van der Waals surface area contributed by atoms with Gasteiger partial charge in [-0.25, -0.2) is 4.79 Å². The number of nitrogens with one attached hydrogen (secondary N) is 2. The zero-order valence-corrected chi connectivity index (χ0v) is 15.6. The van der Waals surface area contributed by atoms with Crippen molar-refractivity contribution in [3.05, 3.63) is 47.5 Å². The largest absolute Gasteiger partial charge is 0.497 e. The van der Waals surface area contributed by atoms with Gasteiger partial charge < -0.3 is 20.3 Å². The third-order valence-corrected chi connectivity index (χ3v) is 4.75. The van der Waals surface area contributed by atoms with E-state index in [0.29, 0.717) is 11.4 Å². The van der Waals surface area contributed by atoms with Crippen LogP contribution in [0.5, 0.6) is 5.75 Å². The highest BCUT2D eigenvalue weighted by Crippen LogP contribution is 2.44. The number of hydrogen-bond acceptors (Lipinski definition) is 3. The molecule has 0 aliphatic carbocycles. The minimum Gasteiger partial charge on any atom is -0.497 e. The normalized spacial score (nSPS) is 14.8. The summed E-state index contributed by atoms with van der Waals surface area (Å²) in [7, 11) is 3.38. The van der Waals surface area contributed by atoms with Crippen molar-refractivity contribution >= 4 is 29.0 Å². The van der Waals surface area contributed by atoms with Crippen LogP contribution in [0.2, 0.25) is 0 Å². The maximum absolute atomic E-state index is 12.5. The lowest BCUT2D eigenvalue weighted by Crippen LogP contribution is -2.33. The molecule has 26 heavy (non-hydrogen) atoms. The molecule has 0 atom stereocenters. The van der Waals surface area contributed by atoms with E-state index >= 15 is 0 Å². The molecule has 136 valence electrons. The quantitative estimate of drug-likeness (QED) is 0.879. The summed E-state index contributed by atoms with van der Waals surface area (Å²) in [4.78, 5) is 26.5. The van der Waals surface area contributed by atoms with Crippen LogP contribution < -0.4 is 20.3 Å². The van der Waals surface area contributed by atoms with Crippen molar-refractivity contribution in [3.8, 4) is 5.75 Å². The van der Waals surface area contributed by atoms with Crippen LogP contribution in [-0.2, 0) is 10.2 Å². The molecule has 0 unspecified atom stereocenters. The standard InChI is InChI=1S/C20H23N3O3/c1-12-10-14(11-16-17(12)23(4)18(24)20(16,2)3)22-19(25)21-13-6-8-15(26-5)9-7-13/h6-11H,1-5H3,(H2,21,22,25). The third-order valence-electron chi connectivity index (χ3n) is 4.75. The van der Waals surface area contributed by atoms with E-state index < -0.39 is 5.41 Å². The van der Waals surface area contributed by atoms with Gasteiger partial charge in [0.25, 0.3) is 0 Å². The molecule has 0 radical (unpaired) electrons. The van der Waals surface area contributed by atoms with Gasteiger partial charge in [0.05, 0.1) is 18.2 Å². The molecule has 1 heterocycles. The van der Waals surface area contributed by atoms with Crippen LogP contribution in [0.1, 0.15) is 25.0 Å². The Kier molecular flexibility index (Phi) is 4.36. The first-order chi connectivity index (χ1) is 12.2. The van der Waals surface area contributed by atoms with Crippen LogP contribution in [0.25, 0.3) is 0 Å². The Labute approximate surface area is 153 Å². The molecule has 2 aromatic carbocycles. The fourth-order valence-corrected chi connectivity index (χ4v) is 3.38. The van der Waals surface area contributed by atoms with Crippen molar-refractivity contribution in [2.75, 3.05) is 29.7 Å². The van der Waals surface area contributed by atoms with Gasteiger partial charge in [-0.2, -0.15) is 0 Å². The third kappa shape index (κ3) is 2.98. The van der Waals surface area contributed by atoms with Gasteiger partial charge in [0, 0.05) is 18.4 Å². The average molecular weight is 353 g/mol. The minimum atomic E-state index is -0.612. The molecule has 6 heteroatoms. The maximum atomic E-state index is 12.5. The van der Waals surface area contributed by atoms with Crippen LogP contribution in [0.15, 0.2) is 36.4 Å². The Hall–Kier alpha value is -3.02. The summed E-state index contributed by atoms with van der Waals surface area (Å²) in [6, 6.07) is 10.5. The number of methoxy groups -OCH3 is 1. The second-order valence-electron chi connectivity index (χ2n) is 6.99. The molecule has 1 aliphatic rings. The number of benzene rings is 2. The zero-order chi connectivity index (χ0) is 19.1. The Morgan fingerprint density at radius 1 is 1.08 bits per heavy atom. The summed E-state index contributed by atoms with van der Waals surface area (Å²) in [5.74, 6) is 0.775. The summed E-state index contributed by atoms with van der Waals surface area (Å²) in [5, 5.41) is 5.63. The molecule has 0 bridgehead atoms. The molecule has 1 aliphatic heterocycles. The first-order valence-corrected chi connectivity index (χ1v) is 8.39. The molecule has 0 spiro atoms. The van der Waals surface area contributed by atoms with Gasteiger partial charge >= 0.3 is 6.03 Å². The number of aryl methyl sites for hydroxylation is 1. The van der Waals surface area contributed by atoms with Crippen LogP contribution >= 0.6 is 0 Å². The van der Waals surface area contributed by atoms with Gasteiger partial charge in [0.15, 0.2) is 0 Å². The number of urea groups is 1. The molecule has 3 rings (SSSR count). The number of amides is 3. The maximum Gasteiger partial charge on any atom is 0.323 e. The number of carbonyl (C=O) groups excluding carboxylic acids is 2. The molecule has 6 nitrogen and oxygen atoms in total. The van der Waals surface area contributed by atoms with Gasteiger partial charge in [-0.1, -0.05) is 0 Å². The Morgan fingerprint density at radius 2 is 1.69 bits per heavy atom. The van der Waals surface area contributed by atoms with Gasteiger partial charge in [-0.15, -0.1) is 0 Å². The lowest BCUT2D eigenvalue weighted by molar-refractivity contribution is -0.121. The molecule has 0 saturated carbocycles. The monoisotopic (exact) mass is 353 g/mol. The van der Waals surface area contributed by atoms with E-state index in [1.54, 1.807) is 43.3 Å². The summed E-state index contributed by atoms with van der Waals surface area (Å²) < 4.78 is 5.10. The summed E-state index contributed by atoms with van der Waals surface area (Å²) in [5.41, 5.74) is 3.49. The van der Waals surface area contributed by atoms with Crippen molar-refractivity contribution in [1.29, 1.82) is 0 Å². The van der Waals surface area contributed by atoms with Crippen molar-refractivity contribution in [3.63, 3.8) is 0 Å². The van der Waals surface area contributed by atoms with E-state index in [9.17, 15) is 9.59 Å². The van der Waals surface area contributed by atoms with E-state index in [-0.39, 0.29) is 11.9 Å². The number of likely N-dealkylation sites (N-methyl/N-ethyl adjacent to an activating group) is 1. The van der Waals surface area contributed by atoms with E-state index in [4.69, 9.17) is 4.74 Å². The summed E-state index contributed by atoms with van der Waals surface area (Å²) >= 11 is 0. The van der Waals surface area contributed by atoms with Gasteiger partial charge in [-0.3, -0.25) is 4.79 Å². The topological polar surface area (TPSA) is 70.7 Å². The number of nitrogens with zero attached hydrogens (tertiary/aromatic N) is 1.